The molecule has 2 aliphatic rings. The van der Waals surface area contributed by atoms with Crippen molar-refractivity contribution >= 4 is 6.09 Å². The number of hydrogen-bond donors (Lipinski definition) is 1. The molecule has 2 aromatic rings. The highest BCUT2D eigenvalue weighted by atomic mass is 16.6. The van der Waals surface area contributed by atoms with Crippen molar-refractivity contribution < 1.29 is 14.6 Å². The van der Waals surface area contributed by atoms with E-state index in [-0.39, 0.29) is 30.8 Å². The second kappa shape index (κ2) is 7.59. The topological polar surface area (TPSA) is 67.6 Å². The summed E-state index contributed by atoms with van der Waals surface area (Å²) < 4.78 is 7.48. The largest absolute Gasteiger partial charge is 0.445 e. The SMILES string of the molecule is CC(C)n1cc(C2(O)CC3CCCC(C2)N3C(=O)OCc2ccccc2)cn1. The molecule has 0 saturated carbocycles. The highest BCUT2D eigenvalue weighted by Crippen LogP contribution is 2.44. The molecule has 150 valence electrons. The van der Waals surface area contributed by atoms with Crippen LogP contribution in [0.4, 0.5) is 4.79 Å². The predicted octanol–water partition coefficient (Wildman–Crippen LogP) is 4.01. The Kier molecular flexibility index (Phi) is 5.15. The second-order valence-electron chi connectivity index (χ2n) is 8.43. The Morgan fingerprint density at radius 3 is 2.54 bits per heavy atom. The molecule has 6 heteroatoms. The van der Waals surface area contributed by atoms with Crippen molar-refractivity contribution in [2.75, 3.05) is 0 Å². The zero-order valence-electron chi connectivity index (χ0n) is 16.6. The third-order valence-corrected chi connectivity index (χ3v) is 6.09. The zero-order valence-corrected chi connectivity index (χ0v) is 16.6. The third-order valence-electron chi connectivity index (χ3n) is 6.09. The van der Waals surface area contributed by atoms with Gasteiger partial charge in [0.2, 0.25) is 0 Å². The summed E-state index contributed by atoms with van der Waals surface area (Å²) in [5, 5.41) is 15.8. The molecule has 1 aromatic heterocycles. The van der Waals surface area contributed by atoms with E-state index in [9.17, 15) is 9.90 Å². The number of rotatable bonds is 4. The average Bonchev–Trinajstić information content (AvgIpc) is 3.18. The lowest BCUT2D eigenvalue weighted by atomic mass is 9.73. The number of aliphatic hydroxyl groups is 1. The maximum Gasteiger partial charge on any atom is 0.410 e. The first-order valence-electron chi connectivity index (χ1n) is 10.2. The molecule has 6 nitrogen and oxygen atoms in total. The molecule has 0 spiro atoms. The van der Waals surface area contributed by atoms with Gasteiger partial charge in [0, 0.05) is 42.7 Å². The number of benzene rings is 1. The van der Waals surface area contributed by atoms with Gasteiger partial charge in [0.25, 0.3) is 0 Å². The van der Waals surface area contributed by atoms with Crippen LogP contribution in [0.5, 0.6) is 0 Å². The molecule has 28 heavy (non-hydrogen) atoms. The molecule has 2 saturated heterocycles. The first-order chi connectivity index (χ1) is 13.5. The molecule has 2 bridgehead atoms. The van der Waals surface area contributed by atoms with Crippen molar-refractivity contribution in [3.63, 3.8) is 0 Å². The molecule has 2 unspecified atom stereocenters. The number of carbonyl (C=O) groups excluding carboxylic acids is 1. The Labute approximate surface area is 166 Å². The monoisotopic (exact) mass is 383 g/mol. The molecule has 1 N–H and O–H groups in total. The number of amides is 1. The van der Waals surface area contributed by atoms with Gasteiger partial charge in [0.15, 0.2) is 0 Å². The zero-order chi connectivity index (χ0) is 19.7. The van der Waals surface area contributed by atoms with Gasteiger partial charge >= 0.3 is 6.09 Å². The van der Waals surface area contributed by atoms with E-state index in [1.807, 2.05) is 46.1 Å². The Morgan fingerprint density at radius 1 is 1.25 bits per heavy atom. The van der Waals surface area contributed by atoms with Gasteiger partial charge in [-0.15, -0.1) is 0 Å². The van der Waals surface area contributed by atoms with Crippen LogP contribution in [0.3, 0.4) is 0 Å². The van der Waals surface area contributed by atoms with Crippen molar-refractivity contribution in [3.05, 3.63) is 53.9 Å². The number of ether oxygens (including phenoxy) is 1. The molecule has 2 fully saturated rings. The summed E-state index contributed by atoms with van der Waals surface area (Å²) in [4.78, 5) is 14.7. The van der Waals surface area contributed by atoms with Crippen LogP contribution in [0.25, 0.3) is 0 Å². The summed E-state index contributed by atoms with van der Waals surface area (Å²) in [6.45, 7) is 4.42. The van der Waals surface area contributed by atoms with Crippen LogP contribution in [-0.4, -0.2) is 38.0 Å². The molecular formula is C22H29N3O3. The summed E-state index contributed by atoms with van der Waals surface area (Å²) in [5.74, 6) is 0. The van der Waals surface area contributed by atoms with Crippen LogP contribution >= 0.6 is 0 Å². The van der Waals surface area contributed by atoms with Gasteiger partial charge in [0.1, 0.15) is 6.61 Å². The normalized spacial score (nSPS) is 27.1. The fourth-order valence-corrected chi connectivity index (χ4v) is 4.62. The van der Waals surface area contributed by atoms with Gasteiger partial charge in [0.05, 0.1) is 11.8 Å². The second-order valence-corrected chi connectivity index (χ2v) is 8.43. The summed E-state index contributed by atoms with van der Waals surface area (Å²) in [5.41, 5.74) is 0.907. The van der Waals surface area contributed by atoms with Gasteiger partial charge in [-0.3, -0.25) is 4.68 Å². The van der Waals surface area contributed by atoms with E-state index in [2.05, 4.69) is 18.9 Å². The van der Waals surface area contributed by atoms with Crippen molar-refractivity contribution in [2.45, 2.75) is 76.3 Å². The highest BCUT2D eigenvalue weighted by molar-refractivity contribution is 5.69. The minimum absolute atomic E-state index is 0.00294. The van der Waals surface area contributed by atoms with Gasteiger partial charge in [-0.25, -0.2) is 4.79 Å². The minimum Gasteiger partial charge on any atom is -0.445 e. The Bertz CT molecular complexity index is 803. The van der Waals surface area contributed by atoms with E-state index in [0.717, 1.165) is 30.4 Å². The number of hydrogen-bond acceptors (Lipinski definition) is 4. The van der Waals surface area contributed by atoms with E-state index < -0.39 is 5.60 Å². The number of fused-ring (bicyclic) bond motifs is 2. The summed E-state index contributed by atoms with van der Waals surface area (Å²) in [6.07, 6.45) is 7.41. The lowest BCUT2D eigenvalue weighted by molar-refractivity contribution is -0.0896. The Morgan fingerprint density at radius 2 is 1.93 bits per heavy atom. The fourth-order valence-electron chi connectivity index (χ4n) is 4.62. The molecule has 1 aromatic carbocycles. The van der Waals surface area contributed by atoms with Crippen LogP contribution in [0, 0.1) is 0 Å². The lowest BCUT2D eigenvalue weighted by Gasteiger charge is -2.51. The predicted molar refractivity (Wildman–Crippen MR) is 106 cm³/mol. The molecule has 3 heterocycles. The lowest BCUT2D eigenvalue weighted by Crippen LogP contribution is -2.58. The Balaban J connectivity index is 1.47. The molecule has 4 rings (SSSR count). The molecule has 0 radical (unpaired) electrons. The number of nitrogens with zero attached hydrogens (tertiary/aromatic N) is 3. The quantitative estimate of drug-likeness (QED) is 0.866. The molecule has 0 aliphatic carbocycles. The molecular weight excluding hydrogens is 354 g/mol. The molecule has 1 amide bonds. The van der Waals surface area contributed by atoms with Crippen molar-refractivity contribution in [2.24, 2.45) is 0 Å². The summed E-state index contributed by atoms with van der Waals surface area (Å²) in [6, 6.07) is 10.00. The number of aromatic nitrogens is 2. The van der Waals surface area contributed by atoms with Crippen molar-refractivity contribution in [1.29, 1.82) is 0 Å². The standard InChI is InChI=1S/C22H29N3O3/c1-16(2)24-14-18(13-23-24)22(27)11-19-9-6-10-20(12-22)25(19)21(26)28-15-17-7-4-3-5-8-17/h3-5,7-8,13-14,16,19-20,27H,6,9-12,15H2,1-2H3. The number of piperidine rings is 2. The minimum atomic E-state index is -0.931. The molecule has 2 aliphatic heterocycles. The smallest absolute Gasteiger partial charge is 0.410 e. The van der Waals surface area contributed by atoms with Crippen molar-refractivity contribution in [3.8, 4) is 0 Å². The van der Waals surface area contributed by atoms with E-state index in [4.69, 9.17) is 4.74 Å². The number of carbonyl (C=O) groups is 1. The van der Waals surface area contributed by atoms with E-state index in [0.29, 0.717) is 12.8 Å². The van der Waals surface area contributed by atoms with Crippen LogP contribution in [0.1, 0.15) is 63.1 Å². The van der Waals surface area contributed by atoms with Gasteiger partial charge in [-0.2, -0.15) is 5.10 Å². The maximum atomic E-state index is 12.8. The van der Waals surface area contributed by atoms with Crippen molar-refractivity contribution in [1.82, 2.24) is 14.7 Å². The van der Waals surface area contributed by atoms with Crippen LogP contribution in [-0.2, 0) is 16.9 Å². The van der Waals surface area contributed by atoms with Gasteiger partial charge in [-0.05, 0) is 38.7 Å². The summed E-state index contributed by atoms with van der Waals surface area (Å²) >= 11 is 0. The average molecular weight is 383 g/mol. The van der Waals surface area contributed by atoms with Crippen LogP contribution in [0.2, 0.25) is 0 Å². The highest BCUT2D eigenvalue weighted by Gasteiger charge is 2.49. The Hall–Kier alpha value is -2.34. The molecule has 2 atom stereocenters. The van der Waals surface area contributed by atoms with Crippen LogP contribution < -0.4 is 0 Å². The maximum absolute atomic E-state index is 12.8. The third kappa shape index (κ3) is 3.65. The summed E-state index contributed by atoms with van der Waals surface area (Å²) in [7, 11) is 0. The first-order valence-corrected chi connectivity index (χ1v) is 10.2. The van der Waals surface area contributed by atoms with E-state index in [1.54, 1.807) is 6.20 Å². The fraction of sp³-hybridized carbons (Fsp3) is 0.545. The van der Waals surface area contributed by atoms with E-state index >= 15 is 0 Å². The first kappa shape index (κ1) is 19.0. The van der Waals surface area contributed by atoms with E-state index in [1.165, 1.54) is 0 Å². The van der Waals surface area contributed by atoms with Gasteiger partial charge in [-0.1, -0.05) is 30.3 Å². The van der Waals surface area contributed by atoms with Crippen LogP contribution in [0.15, 0.2) is 42.7 Å². The van der Waals surface area contributed by atoms with Gasteiger partial charge < -0.3 is 14.7 Å².